The van der Waals surface area contributed by atoms with Crippen LogP contribution in [-0.4, -0.2) is 0 Å². The van der Waals surface area contributed by atoms with Gasteiger partial charge in [-0.1, -0.05) is 136 Å². The molecule has 0 heterocycles. The van der Waals surface area contributed by atoms with Crippen LogP contribution in [0.15, 0.2) is 17.9 Å². The minimum atomic E-state index is 1.22. The molecule has 0 aliphatic heterocycles. The van der Waals surface area contributed by atoms with Gasteiger partial charge in [0.1, 0.15) is 0 Å². The number of hydrogen-bond acceptors (Lipinski definition) is 0. The van der Waals surface area contributed by atoms with Gasteiger partial charge in [-0.05, 0) is 37.8 Å². The SMILES string of the molecule is CCCCCCCC=C=CCCCCCCCCCCCCCCCCCC. The van der Waals surface area contributed by atoms with E-state index in [4.69, 9.17) is 0 Å². The van der Waals surface area contributed by atoms with Crippen LogP contribution in [0.2, 0.25) is 0 Å². The molecule has 0 radical (unpaired) electrons. The lowest BCUT2D eigenvalue weighted by Gasteiger charge is -2.03. The summed E-state index contributed by atoms with van der Waals surface area (Å²) in [4.78, 5) is 0. The highest BCUT2D eigenvalue weighted by Gasteiger charge is 1.94. The minimum absolute atomic E-state index is 1.22. The first-order valence-electron chi connectivity index (χ1n) is 13.3. The first-order chi connectivity index (χ1) is 13.9. The first-order valence-corrected chi connectivity index (χ1v) is 13.3. The Bertz CT molecular complexity index is 321. The van der Waals surface area contributed by atoms with Crippen molar-refractivity contribution >= 4 is 0 Å². The van der Waals surface area contributed by atoms with E-state index in [1.165, 1.54) is 148 Å². The molecule has 0 aromatic rings. The summed E-state index contributed by atoms with van der Waals surface area (Å²) in [7, 11) is 0. The van der Waals surface area contributed by atoms with E-state index >= 15 is 0 Å². The predicted octanol–water partition coefficient (Wildman–Crippen LogP) is 10.7. The molecule has 166 valence electrons. The van der Waals surface area contributed by atoms with Crippen LogP contribution in [0.1, 0.15) is 162 Å². The van der Waals surface area contributed by atoms with Crippen molar-refractivity contribution in [1.29, 1.82) is 0 Å². The summed E-state index contributed by atoms with van der Waals surface area (Å²) < 4.78 is 0. The molecular weight excluding hydrogens is 336 g/mol. The second kappa shape index (κ2) is 26.5. The molecule has 0 amide bonds. The third kappa shape index (κ3) is 25.5. The quantitative estimate of drug-likeness (QED) is 0.120. The van der Waals surface area contributed by atoms with Gasteiger partial charge >= 0.3 is 0 Å². The van der Waals surface area contributed by atoms with Crippen molar-refractivity contribution < 1.29 is 0 Å². The second-order valence-corrected chi connectivity index (χ2v) is 8.87. The zero-order valence-electron chi connectivity index (χ0n) is 19.9. The van der Waals surface area contributed by atoms with Gasteiger partial charge in [-0.2, -0.15) is 0 Å². The van der Waals surface area contributed by atoms with Gasteiger partial charge in [0.25, 0.3) is 0 Å². The summed E-state index contributed by atoms with van der Waals surface area (Å²) in [5.41, 5.74) is 3.38. The summed E-state index contributed by atoms with van der Waals surface area (Å²) in [5.74, 6) is 0. The van der Waals surface area contributed by atoms with Gasteiger partial charge in [0.2, 0.25) is 0 Å². The summed E-state index contributed by atoms with van der Waals surface area (Å²) in [5, 5.41) is 0. The van der Waals surface area contributed by atoms with Gasteiger partial charge in [0, 0.05) is 0 Å². The fourth-order valence-electron chi connectivity index (χ4n) is 3.89. The average Bonchev–Trinajstić information content (AvgIpc) is 2.71. The van der Waals surface area contributed by atoms with Crippen LogP contribution in [0.5, 0.6) is 0 Å². The maximum atomic E-state index is 3.38. The zero-order chi connectivity index (χ0) is 20.4. The Hall–Kier alpha value is -0.480. The molecule has 0 aromatic heterocycles. The largest absolute Gasteiger partial charge is 0.130 e. The Labute approximate surface area is 179 Å². The Kier molecular flexibility index (Phi) is 26.1. The Morgan fingerprint density at radius 3 is 0.893 bits per heavy atom. The Balaban J connectivity index is 3.10. The lowest BCUT2D eigenvalue weighted by molar-refractivity contribution is 0.530. The van der Waals surface area contributed by atoms with Crippen molar-refractivity contribution in [3.05, 3.63) is 17.9 Å². The Morgan fingerprint density at radius 1 is 0.357 bits per heavy atom. The molecule has 0 heteroatoms. The van der Waals surface area contributed by atoms with Crippen molar-refractivity contribution in [3.63, 3.8) is 0 Å². The first kappa shape index (κ1) is 27.5. The van der Waals surface area contributed by atoms with Gasteiger partial charge in [-0.15, -0.1) is 5.73 Å². The van der Waals surface area contributed by atoms with Crippen LogP contribution < -0.4 is 0 Å². The van der Waals surface area contributed by atoms with E-state index in [0.29, 0.717) is 0 Å². The maximum absolute atomic E-state index is 3.38. The molecular formula is C28H54. The highest BCUT2D eigenvalue weighted by Crippen LogP contribution is 2.14. The smallest absolute Gasteiger partial charge is 0.0274 e. The van der Waals surface area contributed by atoms with Crippen molar-refractivity contribution in [1.82, 2.24) is 0 Å². The molecule has 0 aliphatic rings. The summed E-state index contributed by atoms with van der Waals surface area (Å²) in [6.07, 6.45) is 37.0. The Morgan fingerprint density at radius 2 is 0.607 bits per heavy atom. The van der Waals surface area contributed by atoms with Crippen LogP contribution in [-0.2, 0) is 0 Å². The number of rotatable bonds is 23. The van der Waals surface area contributed by atoms with E-state index in [2.05, 4.69) is 31.7 Å². The molecule has 0 fully saturated rings. The second-order valence-electron chi connectivity index (χ2n) is 8.87. The van der Waals surface area contributed by atoms with Gasteiger partial charge in [0.05, 0.1) is 0 Å². The topological polar surface area (TPSA) is 0 Å². The number of allylic oxidation sites excluding steroid dienone is 1. The highest BCUT2D eigenvalue weighted by atomic mass is 14.0. The lowest BCUT2D eigenvalue weighted by Crippen LogP contribution is -1.83. The molecule has 28 heavy (non-hydrogen) atoms. The van der Waals surface area contributed by atoms with Crippen LogP contribution in [0.4, 0.5) is 0 Å². The van der Waals surface area contributed by atoms with Crippen LogP contribution in [0.25, 0.3) is 0 Å². The van der Waals surface area contributed by atoms with E-state index in [1.54, 1.807) is 0 Å². The predicted molar refractivity (Wildman–Crippen MR) is 130 cm³/mol. The number of hydrogen-bond donors (Lipinski definition) is 0. The standard InChI is InChI=1S/C28H54/c1-3-5-7-9-11-13-15-17-19-21-23-25-27-28-26-24-22-20-18-16-14-12-10-8-6-4-2/h15,19H,3-14,16,18,20-28H2,1-2H3. The summed E-state index contributed by atoms with van der Waals surface area (Å²) in [6, 6.07) is 0. The molecule has 0 atom stereocenters. The average molecular weight is 391 g/mol. The molecule has 0 N–H and O–H groups in total. The van der Waals surface area contributed by atoms with Gasteiger partial charge in [0.15, 0.2) is 0 Å². The third-order valence-electron chi connectivity index (χ3n) is 5.89. The van der Waals surface area contributed by atoms with E-state index in [9.17, 15) is 0 Å². The monoisotopic (exact) mass is 390 g/mol. The molecule has 0 spiro atoms. The van der Waals surface area contributed by atoms with Gasteiger partial charge in [-0.25, -0.2) is 0 Å². The molecule has 0 unspecified atom stereocenters. The lowest BCUT2D eigenvalue weighted by atomic mass is 10.0. The van der Waals surface area contributed by atoms with Crippen LogP contribution in [0.3, 0.4) is 0 Å². The molecule has 0 saturated heterocycles. The van der Waals surface area contributed by atoms with Crippen molar-refractivity contribution in [3.8, 4) is 0 Å². The van der Waals surface area contributed by atoms with Gasteiger partial charge < -0.3 is 0 Å². The van der Waals surface area contributed by atoms with Crippen molar-refractivity contribution in [2.75, 3.05) is 0 Å². The molecule has 0 aliphatic carbocycles. The zero-order valence-corrected chi connectivity index (χ0v) is 19.9. The van der Waals surface area contributed by atoms with Crippen LogP contribution >= 0.6 is 0 Å². The molecule has 0 rings (SSSR count). The highest BCUT2D eigenvalue weighted by molar-refractivity contribution is 4.84. The van der Waals surface area contributed by atoms with Crippen LogP contribution in [0, 0.1) is 0 Å². The number of unbranched alkanes of at least 4 members (excludes halogenated alkanes) is 21. The third-order valence-corrected chi connectivity index (χ3v) is 5.89. The summed E-state index contributed by atoms with van der Waals surface area (Å²) in [6.45, 7) is 4.58. The van der Waals surface area contributed by atoms with E-state index in [-0.39, 0.29) is 0 Å². The van der Waals surface area contributed by atoms with Crippen molar-refractivity contribution in [2.24, 2.45) is 0 Å². The van der Waals surface area contributed by atoms with E-state index in [1.807, 2.05) is 0 Å². The fourth-order valence-corrected chi connectivity index (χ4v) is 3.89. The maximum Gasteiger partial charge on any atom is -0.0274 e. The fraction of sp³-hybridized carbons (Fsp3) is 0.893. The molecule has 0 aromatic carbocycles. The van der Waals surface area contributed by atoms with E-state index < -0.39 is 0 Å². The van der Waals surface area contributed by atoms with E-state index in [0.717, 1.165) is 0 Å². The van der Waals surface area contributed by atoms with Crippen molar-refractivity contribution in [2.45, 2.75) is 162 Å². The summed E-state index contributed by atoms with van der Waals surface area (Å²) >= 11 is 0. The molecule has 0 bridgehead atoms. The molecule has 0 saturated carbocycles. The molecule has 0 nitrogen and oxygen atoms in total. The van der Waals surface area contributed by atoms with Gasteiger partial charge in [-0.3, -0.25) is 0 Å². The normalized spacial score (nSPS) is 10.8. The minimum Gasteiger partial charge on any atom is -0.130 e.